The highest BCUT2D eigenvalue weighted by Crippen LogP contribution is 2.28. The van der Waals surface area contributed by atoms with Crippen molar-refractivity contribution in [1.29, 1.82) is 0 Å². The number of morpholine rings is 1. The van der Waals surface area contributed by atoms with Crippen LogP contribution in [0.25, 0.3) is 0 Å². The number of rotatable bonds is 2. The van der Waals surface area contributed by atoms with E-state index in [1.807, 2.05) is 20.8 Å². The summed E-state index contributed by atoms with van der Waals surface area (Å²) < 4.78 is 5.13. The summed E-state index contributed by atoms with van der Waals surface area (Å²) in [6.07, 6.45) is -0.946. The molecule has 1 saturated heterocycles. The highest BCUT2D eigenvalue weighted by Gasteiger charge is 2.33. The fraction of sp³-hybridized carbons (Fsp3) is 0.615. The van der Waals surface area contributed by atoms with Crippen LogP contribution >= 0.6 is 11.3 Å². The quantitative estimate of drug-likeness (QED) is 0.892. The SMILES string of the molecule is CC(C)(C)c1ncsc1C(=O)N1CCOC(C(=O)O)C1. The number of carboxylic acid groups (broad SMARTS) is 1. The van der Waals surface area contributed by atoms with Crippen LogP contribution in [0.3, 0.4) is 0 Å². The van der Waals surface area contributed by atoms with Gasteiger partial charge in [-0.3, -0.25) is 4.79 Å². The number of hydrogen-bond acceptors (Lipinski definition) is 5. The first-order chi connectivity index (χ1) is 9.30. The van der Waals surface area contributed by atoms with Gasteiger partial charge in [0.1, 0.15) is 4.88 Å². The number of amides is 1. The Hall–Kier alpha value is -1.47. The van der Waals surface area contributed by atoms with Gasteiger partial charge in [0.05, 0.1) is 24.4 Å². The van der Waals surface area contributed by atoms with Crippen molar-refractivity contribution in [3.05, 3.63) is 16.1 Å². The average molecular weight is 298 g/mol. The van der Waals surface area contributed by atoms with Crippen LogP contribution in [0.15, 0.2) is 5.51 Å². The van der Waals surface area contributed by atoms with Crippen molar-refractivity contribution >= 4 is 23.2 Å². The third kappa shape index (κ3) is 2.99. The van der Waals surface area contributed by atoms with E-state index in [-0.39, 0.29) is 24.5 Å². The van der Waals surface area contributed by atoms with Gasteiger partial charge in [0.15, 0.2) is 6.10 Å². The lowest BCUT2D eigenvalue weighted by atomic mass is 9.91. The Kier molecular flexibility index (Phi) is 4.10. The molecule has 6 nitrogen and oxygen atoms in total. The Morgan fingerprint density at radius 1 is 1.50 bits per heavy atom. The molecule has 7 heteroatoms. The van der Waals surface area contributed by atoms with E-state index in [1.165, 1.54) is 16.2 Å². The maximum Gasteiger partial charge on any atom is 0.334 e. The summed E-state index contributed by atoms with van der Waals surface area (Å²) in [5, 5.41) is 8.98. The van der Waals surface area contributed by atoms with E-state index in [9.17, 15) is 9.59 Å². The smallest absolute Gasteiger partial charge is 0.334 e. The molecule has 0 radical (unpaired) electrons. The molecule has 0 aromatic carbocycles. The van der Waals surface area contributed by atoms with Crippen molar-refractivity contribution in [1.82, 2.24) is 9.88 Å². The van der Waals surface area contributed by atoms with Gasteiger partial charge in [-0.1, -0.05) is 20.8 Å². The molecule has 1 atom stereocenters. The number of hydrogen-bond donors (Lipinski definition) is 1. The Morgan fingerprint density at radius 2 is 2.20 bits per heavy atom. The molecule has 1 fully saturated rings. The molecule has 1 aliphatic heterocycles. The molecular weight excluding hydrogens is 280 g/mol. The van der Waals surface area contributed by atoms with Crippen LogP contribution in [-0.2, 0) is 14.9 Å². The zero-order valence-electron chi connectivity index (χ0n) is 11.8. The number of aromatic nitrogens is 1. The largest absolute Gasteiger partial charge is 0.479 e. The second-order valence-corrected chi connectivity index (χ2v) is 6.58. The molecule has 0 bridgehead atoms. The van der Waals surface area contributed by atoms with Gasteiger partial charge in [-0.15, -0.1) is 11.3 Å². The summed E-state index contributed by atoms with van der Waals surface area (Å²) in [6.45, 7) is 6.72. The topological polar surface area (TPSA) is 79.7 Å². The molecule has 1 N–H and O–H groups in total. The van der Waals surface area contributed by atoms with Gasteiger partial charge in [-0.2, -0.15) is 0 Å². The number of carbonyl (C=O) groups is 2. The summed E-state index contributed by atoms with van der Waals surface area (Å²) in [6, 6.07) is 0. The molecule has 0 saturated carbocycles. The normalized spacial score (nSPS) is 19.9. The average Bonchev–Trinajstić information content (AvgIpc) is 2.87. The van der Waals surface area contributed by atoms with Gasteiger partial charge in [-0.05, 0) is 0 Å². The van der Waals surface area contributed by atoms with Crippen LogP contribution in [-0.4, -0.2) is 52.7 Å². The van der Waals surface area contributed by atoms with Crippen molar-refractivity contribution in [3.63, 3.8) is 0 Å². The third-order valence-corrected chi connectivity index (χ3v) is 3.92. The standard InChI is InChI=1S/C13H18N2O4S/c1-13(2,3)10-9(20-7-14-10)11(16)15-4-5-19-8(6-15)12(17)18/h7-8H,4-6H2,1-3H3,(H,17,18). The molecule has 1 aromatic heterocycles. The van der Waals surface area contributed by atoms with Crippen LogP contribution in [0.5, 0.6) is 0 Å². The summed E-state index contributed by atoms with van der Waals surface area (Å²) in [5.41, 5.74) is 2.19. The number of ether oxygens (including phenoxy) is 1. The summed E-state index contributed by atoms with van der Waals surface area (Å²) in [7, 11) is 0. The number of nitrogens with zero attached hydrogens (tertiary/aromatic N) is 2. The van der Waals surface area contributed by atoms with Gasteiger partial charge < -0.3 is 14.7 Å². The Labute approximate surface area is 121 Å². The molecule has 2 heterocycles. The van der Waals surface area contributed by atoms with Gasteiger partial charge in [0.2, 0.25) is 0 Å². The first-order valence-corrected chi connectivity index (χ1v) is 7.26. The molecule has 1 unspecified atom stereocenters. The minimum Gasteiger partial charge on any atom is -0.479 e. The predicted molar refractivity (Wildman–Crippen MR) is 74.1 cm³/mol. The highest BCUT2D eigenvalue weighted by molar-refractivity contribution is 7.11. The fourth-order valence-corrected chi connectivity index (χ4v) is 3.02. The molecule has 0 aliphatic carbocycles. The van der Waals surface area contributed by atoms with Gasteiger partial charge >= 0.3 is 5.97 Å². The van der Waals surface area contributed by atoms with E-state index >= 15 is 0 Å². The van der Waals surface area contributed by atoms with E-state index < -0.39 is 12.1 Å². The lowest BCUT2D eigenvalue weighted by Gasteiger charge is -2.31. The van der Waals surface area contributed by atoms with Crippen molar-refractivity contribution in [3.8, 4) is 0 Å². The monoisotopic (exact) mass is 298 g/mol. The Bertz CT molecular complexity index is 521. The van der Waals surface area contributed by atoms with Crippen LogP contribution in [0.2, 0.25) is 0 Å². The molecule has 1 aliphatic rings. The molecule has 1 amide bonds. The van der Waals surface area contributed by atoms with Crippen molar-refractivity contribution < 1.29 is 19.4 Å². The molecule has 110 valence electrons. The second kappa shape index (κ2) is 5.49. The van der Waals surface area contributed by atoms with Crippen LogP contribution in [0.1, 0.15) is 36.1 Å². The third-order valence-electron chi connectivity index (χ3n) is 3.10. The first-order valence-electron chi connectivity index (χ1n) is 6.38. The van der Waals surface area contributed by atoms with Crippen molar-refractivity contribution in [2.45, 2.75) is 32.3 Å². The Morgan fingerprint density at radius 3 is 2.80 bits per heavy atom. The van der Waals surface area contributed by atoms with Crippen LogP contribution in [0.4, 0.5) is 0 Å². The van der Waals surface area contributed by atoms with Crippen molar-refractivity contribution in [2.24, 2.45) is 0 Å². The van der Waals surface area contributed by atoms with E-state index in [4.69, 9.17) is 9.84 Å². The molecule has 0 spiro atoms. The van der Waals surface area contributed by atoms with Gasteiger partial charge in [0.25, 0.3) is 5.91 Å². The van der Waals surface area contributed by atoms with Crippen LogP contribution < -0.4 is 0 Å². The Balaban J connectivity index is 2.20. The van der Waals surface area contributed by atoms with E-state index in [0.29, 0.717) is 11.4 Å². The fourth-order valence-electron chi connectivity index (χ4n) is 2.06. The molecular formula is C13H18N2O4S. The minimum absolute atomic E-state index is 0.0790. The number of thiazole rings is 1. The predicted octanol–water partition coefficient (Wildman–Crippen LogP) is 1.37. The lowest BCUT2D eigenvalue weighted by molar-refractivity contribution is -0.154. The lowest BCUT2D eigenvalue weighted by Crippen LogP contribution is -2.48. The number of carboxylic acids is 1. The van der Waals surface area contributed by atoms with E-state index in [0.717, 1.165) is 5.69 Å². The molecule has 2 rings (SSSR count). The maximum absolute atomic E-state index is 12.5. The maximum atomic E-state index is 12.5. The van der Waals surface area contributed by atoms with Gasteiger partial charge in [-0.25, -0.2) is 9.78 Å². The van der Waals surface area contributed by atoms with Gasteiger partial charge in [0, 0.05) is 12.0 Å². The molecule has 20 heavy (non-hydrogen) atoms. The second-order valence-electron chi connectivity index (χ2n) is 5.73. The number of aliphatic carboxylic acids is 1. The summed E-state index contributed by atoms with van der Waals surface area (Å²) in [4.78, 5) is 29.9. The summed E-state index contributed by atoms with van der Waals surface area (Å²) >= 11 is 1.30. The highest BCUT2D eigenvalue weighted by atomic mass is 32.1. The summed E-state index contributed by atoms with van der Waals surface area (Å²) in [5.74, 6) is -1.20. The first kappa shape index (κ1) is 14.9. The van der Waals surface area contributed by atoms with E-state index in [2.05, 4.69) is 4.98 Å². The molecule has 1 aromatic rings. The van der Waals surface area contributed by atoms with E-state index in [1.54, 1.807) is 5.51 Å². The number of carbonyl (C=O) groups excluding carboxylic acids is 1. The minimum atomic E-state index is -1.04. The zero-order valence-corrected chi connectivity index (χ0v) is 12.6. The zero-order chi connectivity index (χ0) is 14.9. The van der Waals surface area contributed by atoms with Crippen molar-refractivity contribution in [2.75, 3.05) is 19.7 Å². The van der Waals surface area contributed by atoms with Crippen LogP contribution in [0, 0.1) is 0 Å².